The summed E-state index contributed by atoms with van der Waals surface area (Å²) in [5.74, 6) is 0.706. The van der Waals surface area contributed by atoms with Crippen LogP contribution in [-0.4, -0.2) is 69.1 Å². The number of carbonyl (C=O) groups excluding carboxylic acids is 2. The molecule has 2 aliphatic rings. The van der Waals surface area contributed by atoms with Crippen LogP contribution in [0.3, 0.4) is 0 Å². The van der Waals surface area contributed by atoms with Crippen molar-refractivity contribution in [2.24, 2.45) is 5.92 Å². The van der Waals surface area contributed by atoms with Crippen molar-refractivity contribution < 1.29 is 14.0 Å². The molecule has 0 aliphatic carbocycles. The van der Waals surface area contributed by atoms with Gasteiger partial charge in [-0.05, 0) is 45.4 Å². The lowest BCUT2D eigenvalue weighted by Gasteiger charge is -2.27. The van der Waals surface area contributed by atoms with Crippen molar-refractivity contribution in [3.8, 4) is 0 Å². The number of aryl methyl sites for hydroxylation is 2. The van der Waals surface area contributed by atoms with Crippen LogP contribution in [0, 0.1) is 25.6 Å². The van der Waals surface area contributed by atoms with Crippen LogP contribution in [0.15, 0.2) is 18.2 Å². The minimum atomic E-state index is -0.544. The first kappa shape index (κ1) is 20.3. The molecule has 3 heterocycles. The average molecular weight is 414 g/mol. The Morgan fingerprint density at radius 2 is 1.93 bits per heavy atom. The van der Waals surface area contributed by atoms with E-state index in [1.807, 2.05) is 20.8 Å². The largest absolute Gasteiger partial charge is 0.337 e. The van der Waals surface area contributed by atoms with E-state index in [1.54, 1.807) is 28.9 Å². The van der Waals surface area contributed by atoms with Gasteiger partial charge < -0.3 is 15.1 Å². The Labute approximate surface area is 174 Å². The molecule has 0 saturated carbocycles. The van der Waals surface area contributed by atoms with Crippen molar-refractivity contribution in [2.75, 3.05) is 26.2 Å². The van der Waals surface area contributed by atoms with E-state index in [4.69, 9.17) is 0 Å². The molecule has 30 heavy (non-hydrogen) atoms. The molecule has 1 aromatic heterocycles. The van der Waals surface area contributed by atoms with Crippen LogP contribution < -0.4 is 5.32 Å². The Kier molecular flexibility index (Phi) is 4.99. The number of aromatic amines is 1. The van der Waals surface area contributed by atoms with Crippen molar-refractivity contribution in [1.29, 1.82) is 0 Å². The van der Waals surface area contributed by atoms with Gasteiger partial charge >= 0.3 is 6.03 Å². The van der Waals surface area contributed by atoms with Gasteiger partial charge in [-0.15, -0.1) is 0 Å². The molecule has 0 radical (unpaired) electrons. The third kappa shape index (κ3) is 3.42. The van der Waals surface area contributed by atoms with Gasteiger partial charge in [0.25, 0.3) is 5.91 Å². The van der Waals surface area contributed by atoms with Crippen molar-refractivity contribution in [3.63, 3.8) is 0 Å². The molecular formula is C21H27FN6O2. The van der Waals surface area contributed by atoms with Crippen molar-refractivity contribution in [1.82, 2.24) is 30.3 Å². The number of urea groups is 1. The van der Waals surface area contributed by atoms with E-state index in [0.29, 0.717) is 49.0 Å². The van der Waals surface area contributed by atoms with Gasteiger partial charge in [0, 0.05) is 43.7 Å². The molecule has 0 unspecified atom stereocenters. The summed E-state index contributed by atoms with van der Waals surface area (Å²) < 4.78 is 14.0. The quantitative estimate of drug-likeness (QED) is 0.803. The summed E-state index contributed by atoms with van der Waals surface area (Å²) >= 11 is 0. The van der Waals surface area contributed by atoms with Gasteiger partial charge in [0.2, 0.25) is 0 Å². The van der Waals surface area contributed by atoms with E-state index in [2.05, 4.69) is 20.5 Å². The summed E-state index contributed by atoms with van der Waals surface area (Å²) in [6.07, 6.45) is 0. The number of likely N-dealkylation sites (tertiary alicyclic amines) is 2. The number of nitrogens with zero attached hydrogens (tertiary/aromatic N) is 4. The van der Waals surface area contributed by atoms with Gasteiger partial charge in [-0.3, -0.25) is 9.89 Å². The maximum absolute atomic E-state index is 14.0. The standard InChI is InChI=1S/C21H27FN6O2/c1-12(2)23-20(30)28-9-16-8-27(18(29)15-6-5-13(3)17(22)7-15)10-21(16,11-28)19-24-14(4)25-26-19/h5-7,12,16H,8-11H2,1-4H3,(H,23,30)(H,24,25,26)/t16-,21-/m1/s1. The van der Waals surface area contributed by atoms with E-state index in [9.17, 15) is 14.0 Å². The van der Waals surface area contributed by atoms with Crippen molar-refractivity contribution in [2.45, 2.75) is 39.2 Å². The normalized spacial score (nSPS) is 23.2. The number of fused-ring (bicyclic) bond motifs is 1. The van der Waals surface area contributed by atoms with E-state index in [1.165, 1.54) is 6.07 Å². The van der Waals surface area contributed by atoms with E-state index >= 15 is 0 Å². The first-order chi connectivity index (χ1) is 14.2. The Morgan fingerprint density at radius 1 is 1.23 bits per heavy atom. The van der Waals surface area contributed by atoms with Gasteiger partial charge in [0.05, 0.1) is 5.41 Å². The molecule has 9 heteroatoms. The molecule has 8 nitrogen and oxygen atoms in total. The molecular weight excluding hydrogens is 387 g/mol. The molecule has 3 amide bonds. The molecule has 0 bridgehead atoms. The molecule has 4 rings (SSSR count). The number of rotatable bonds is 3. The van der Waals surface area contributed by atoms with Gasteiger partial charge in [-0.1, -0.05) is 6.07 Å². The summed E-state index contributed by atoms with van der Waals surface area (Å²) in [6.45, 7) is 9.13. The topological polar surface area (TPSA) is 94.2 Å². The van der Waals surface area contributed by atoms with E-state index in [0.717, 1.165) is 0 Å². The van der Waals surface area contributed by atoms with Crippen molar-refractivity contribution in [3.05, 3.63) is 46.8 Å². The number of amides is 3. The van der Waals surface area contributed by atoms with E-state index in [-0.39, 0.29) is 23.9 Å². The van der Waals surface area contributed by atoms with Crippen LogP contribution in [0.25, 0.3) is 0 Å². The number of hydrogen-bond donors (Lipinski definition) is 2. The van der Waals surface area contributed by atoms with Gasteiger partial charge in [-0.2, -0.15) is 5.10 Å². The highest BCUT2D eigenvalue weighted by molar-refractivity contribution is 5.94. The molecule has 2 atom stereocenters. The van der Waals surface area contributed by atoms with E-state index < -0.39 is 11.2 Å². The molecule has 2 aliphatic heterocycles. The Bertz CT molecular complexity index is 990. The third-order valence-corrected chi connectivity index (χ3v) is 6.06. The number of H-pyrrole nitrogens is 1. The molecule has 2 fully saturated rings. The van der Waals surface area contributed by atoms with Crippen LogP contribution in [0.1, 0.15) is 41.4 Å². The Balaban J connectivity index is 1.61. The lowest BCUT2D eigenvalue weighted by Crippen LogP contribution is -2.46. The zero-order valence-electron chi connectivity index (χ0n) is 17.7. The minimum Gasteiger partial charge on any atom is -0.337 e. The fourth-order valence-corrected chi connectivity index (χ4v) is 4.50. The maximum atomic E-state index is 14.0. The SMILES string of the molecule is Cc1nc([C@]23CN(C(=O)NC(C)C)C[C@H]2CN(C(=O)c2ccc(C)c(F)c2)C3)n[nH]1. The average Bonchev–Trinajstić information content (AvgIpc) is 3.35. The third-order valence-electron chi connectivity index (χ3n) is 6.06. The summed E-state index contributed by atoms with van der Waals surface area (Å²) in [5.41, 5.74) is 0.288. The smallest absolute Gasteiger partial charge is 0.317 e. The summed E-state index contributed by atoms with van der Waals surface area (Å²) in [6, 6.07) is 4.48. The predicted molar refractivity (Wildman–Crippen MR) is 109 cm³/mol. The van der Waals surface area contributed by atoms with Crippen molar-refractivity contribution >= 4 is 11.9 Å². The molecule has 0 spiro atoms. The highest BCUT2D eigenvalue weighted by Crippen LogP contribution is 2.44. The van der Waals surface area contributed by atoms with Crippen LogP contribution in [-0.2, 0) is 5.41 Å². The molecule has 1 aromatic carbocycles. The summed E-state index contributed by atoms with van der Waals surface area (Å²) in [7, 11) is 0. The number of halogens is 1. The maximum Gasteiger partial charge on any atom is 0.317 e. The fourth-order valence-electron chi connectivity index (χ4n) is 4.50. The second-order valence-corrected chi connectivity index (χ2v) is 8.73. The molecule has 160 valence electrons. The fraction of sp³-hybridized carbons (Fsp3) is 0.524. The predicted octanol–water partition coefficient (Wildman–Crippen LogP) is 2.00. The monoisotopic (exact) mass is 414 g/mol. The molecule has 2 saturated heterocycles. The van der Waals surface area contributed by atoms with Crippen LogP contribution >= 0.6 is 0 Å². The summed E-state index contributed by atoms with van der Waals surface area (Å²) in [4.78, 5) is 33.8. The zero-order chi connectivity index (χ0) is 21.6. The second kappa shape index (κ2) is 7.37. The highest BCUT2D eigenvalue weighted by Gasteiger charge is 2.57. The number of benzene rings is 1. The molecule has 2 aromatic rings. The second-order valence-electron chi connectivity index (χ2n) is 8.73. The zero-order valence-corrected chi connectivity index (χ0v) is 17.7. The number of carbonyl (C=O) groups is 2. The minimum absolute atomic E-state index is 0.00450. The number of aromatic nitrogens is 3. The lowest BCUT2D eigenvalue weighted by molar-refractivity contribution is 0.0772. The van der Waals surface area contributed by atoms with Crippen LogP contribution in [0.2, 0.25) is 0 Å². The van der Waals surface area contributed by atoms with Gasteiger partial charge in [0.15, 0.2) is 5.82 Å². The number of nitrogens with one attached hydrogen (secondary N) is 2. The Hall–Kier alpha value is -2.97. The van der Waals surface area contributed by atoms with Gasteiger partial charge in [-0.25, -0.2) is 14.2 Å². The lowest BCUT2D eigenvalue weighted by atomic mass is 9.80. The van der Waals surface area contributed by atoms with Crippen LogP contribution in [0.5, 0.6) is 0 Å². The highest BCUT2D eigenvalue weighted by atomic mass is 19.1. The molecule has 2 N–H and O–H groups in total. The first-order valence-corrected chi connectivity index (χ1v) is 10.2. The first-order valence-electron chi connectivity index (χ1n) is 10.2. The van der Waals surface area contributed by atoms with Crippen LogP contribution in [0.4, 0.5) is 9.18 Å². The number of hydrogen-bond acceptors (Lipinski definition) is 4. The Morgan fingerprint density at radius 3 is 2.57 bits per heavy atom. The van der Waals surface area contributed by atoms with Gasteiger partial charge in [0.1, 0.15) is 11.6 Å². The summed E-state index contributed by atoms with van der Waals surface area (Å²) in [5, 5.41) is 10.2.